The Morgan fingerprint density at radius 1 is 1.22 bits per heavy atom. The summed E-state index contributed by atoms with van der Waals surface area (Å²) < 4.78 is 5.17. The van der Waals surface area contributed by atoms with Crippen molar-refractivity contribution in [2.24, 2.45) is 5.41 Å². The first kappa shape index (κ1) is 14.6. The summed E-state index contributed by atoms with van der Waals surface area (Å²) in [7, 11) is 0. The Bertz CT molecular complexity index is 391. The van der Waals surface area contributed by atoms with Crippen molar-refractivity contribution in [3.05, 3.63) is 29.8 Å². The van der Waals surface area contributed by atoms with Crippen LogP contribution in [0.3, 0.4) is 0 Å². The van der Waals surface area contributed by atoms with Crippen molar-refractivity contribution in [1.29, 1.82) is 0 Å². The first-order valence-corrected chi connectivity index (χ1v) is 6.35. The number of ether oxygens (including phenoxy) is 1. The maximum absolute atomic E-state index is 11.5. The number of phenolic OH excluding ortho intramolecular Hbond substituents is 1. The van der Waals surface area contributed by atoms with E-state index in [9.17, 15) is 9.90 Å². The maximum atomic E-state index is 11.5. The minimum Gasteiger partial charge on any atom is -0.508 e. The number of esters is 1. The van der Waals surface area contributed by atoms with E-state index in [0.29, 0.717) is 12.4 Å². The van der Waals surface area contributed by atoms with E-state index in [1.165, 1.54) is 0 Å². The predicted octanol–water partition coefficient (Wildman–Crippen LogP) is 3.30. The van der Waals surface area contributed by atoms with Crippen LogP contribution >= 0.6 is 0 Å². The molecule has 0 bridgehead atoms. The second-order valence-electron chi connectivity index (χ2n) is 5.47. The number of phenols is 1. The third-order valence-electron chi connectivity index (χ3n) is 2.68. The van der Waals surface area contributed by atoms with Crippen LogP contribution in [-0.2, 0) is 16.0 Å². The average Bonchev–Trinajstić information content (AvgIpc) is 2.29. The molecule has 0 aliphatic carbocycles. The van der Waals surface area contributed by atoms with E-state index in [-0.39, 0.29) is 5.97 Å². The van der Waals surface area contributed by atoms with Gasteiger partial charge in [-0.15, -0.1) is 0 Å². The average molecular weight is 250 g/mol. The first-order chi connectivity index (χ1) is 8.41. The quantitative estimate of drug-likeness (QED) is 0.644. The van der Waals surface area contributed by atoms with Gasteiger partial charge in [0.05, 0.1) is 12.0 Å². The van der Waals surface area contributed by atoms with E-state index in [1.54, 1.807) is 6.07 Å². The van der Waals surface area contributed by atoms with Crippen molar-refractivity contribution in [1.82, 2.24) is 0 Å². The molecule has 18 heavy (non-hydrogen) atoms. The number of carbonyl (C=O) groups is 1. The Hall–Kier alpha value is -1.51. The molecule has 0 aromatic heterocycles. The molecule has 0 aliphatic rings. The van der Waals surface area contributed by atoms with Gasteiger partial charge >= 0.3 is 5.97 Å². The van der Waals surface area contributed by atoms with Gasteiger partial charge in [-0.1, -0.05) is 18.2 Å². The lowest BCUT2D eigenvalue weighted by molar-refractivity contribution is -0.153. The van der Waals surface area contributed by atoms with Gasteiger partial charge in [-0.05, 0) is 51.7 Å². The number of rotatable bonds is 5. The van der Waals surface area contributed by atoms with E-state index in [1.807, 2.05) is 39.0 Å². The maximum Gasteiger partial charge on any atom is 0.311 e. The lowest BCUT2D eigenvalue weighted by Gasteiger charge is -2.16. The molecule has 0 amide bonds. The molecule has 100 valence electrons. The zero-order valence-corrected chi connectivity index (χ0v) is 11.4. The van der Waals surface area contributed by atoms with Crippen LogP contribution in [0.5, 0.6) is 5.75 Å². The minimum absolute atomic E-state index is 0.162. The number of unbranched alkanes of at least 4 members (excludes halogenated alkanes) is 1. The van der Waals surface area contributed by atoms with Crippen LogP contribution in [0.4, 0.5) is 0 Å². The minimum atomic E-state index is -0.433. The van der Waals surface area contributed by atoms with Crippen LogP contribution in [0.25, 0.3) is 0 Å². The highest BCUT2D eigenvalue weighted by Crippen LogP contribution is 2.18. The molecule has 0 saturated heterocycles. The molecule has 0 fully saturated rings. The Kier molecular flexibility index (Phi) is 5.20. The molecule has 0 radical (unpaired) electrons. The number of aromatic hydroxyl groups is 1. The van der Waals surface area contributed by atoms with Crippen molar-refractivity contribution < 1.29 is 14.6 Å². The fraction of sp³-hybridized carbons (Fsp3) is 0.533. The number of benzene rings is 1. The van der Waals surface area contributed by atoms with E-state index in [0.717, 1.165) is 24.8 Å². The standard InChI is InChI=1S/C15H22O3/c1-15(2,3)14(17)18-11-7-6-9-12-8-4-5-10-13(12)16/h4-5,8,10,16H,6-7,9,11H2,1-3H3. The molecule has 1 aromatic carbocycles. The van der Waals surface area contributed by atoms with Crippen molar-refractivity contribution >= 4 is 5.97 Å². The second-order valence-corrected chi connectivity index (χ2v) is 5.47. The van der Waals surface area contributed by atoms with Crippen LogP contribution < -0.4 is 0 Å². The Labute approximate surface area is 109 Å². The Morgan fingerprint density at radius 2 is 1.89 bits per heavy atom. The van der Waals surface area contributed by atoms with Crippen molar-refractivity contribution in [3.8, 4) is 5.75 Å². The smallest absolute Gasteiger partial charge is 0.311 e. The number of para-hydroxylation sites is 1. The van der Waals surface area contributed by atoms with Crippen molar-refractivity contribution in [2.75, 3.05) is 6.61 Å². The molecule has 0 unspecified atom stereocenters. The topological polar surface area (TPSA) is 46.5 Å². The molecule has 1 N–H and O–H groups in total. The van der Waals surface area contributed by atoms with Gasteiger partial charge in [0.1, 0.15) is 5.75 Å². The van der Waals surface area contributed by atoms with Crippen LogP contribution in [0.15, 0.2) is 24.3 Å². The Morgan fingerprint density at radius 3 is 2.50 bits per heavy atom. The molecular weight excluding hydrogens is 228 g/mol. The van der Waals surface area contributed by atoms with Crippen LogP contribution in [0.1, 0.15) is 39.2 Å². The molecular formula is C15H22O3. The fourth-order valence-electron chi connectivity index (χ4n) is 1.52. The summed E-state index contributed by atoms with van der Waals surface area (Å²) in [5.74, 6) is 0.175. The lowest BCUT2D eigenvalue weighted by atomic mass is 9.97. The summed E-state index contributed by atoms with van der Waals surface area (Å²) in [4.78, 5) is 11.5. The van der Waals surface area contributed by atoms with Gasteiger partial charge in [0.2, 0.25) is 0 Å². The molecule has 1 aromatic rings. The molecule has 0 saturated carbocycles. The van der Waals surface area contributed by atoms with E-state index in [2.05, 4.69) is 0 Å². The lowest BCUT2D eigenvalue weighted by Crippen LogP contribution is -2.23. The van der Waals surface area contributed by atoms with Crippen molar-refractivity contribution in [3.63, 3.8) is 0 Å². The molecule has 0 spiro atoms. The van der Waals surface area contributed by atoms with Gasteiger partial charge in [-0.25, -0.2) is 0 Å². The fourth-order valence-corrected chi connectivity index (χ4v) is 1.52. The van der Waals surface area contributed by atoms with Gasteiger partial charge in [-0.2, -0.15) is 0 Å². The highest BCUT2D eigenvalue weighted by molar-refractivity contribution is 5.75. The van der Waals surface area contributed by atoms with Gasteiger partial charge in [0.15, 0.2) is 0 Å². The summed E-state index contributed by atoms with van der Waals surface area (Å²) in [6.45, 7) is 5.98. The zero-order valence-electron chi connectivity index (χ0n) is 11.4. The third kappa shape index (κ3) is 4.78. The summed E-state index contributed by atoms with van der Waals surface area (Å²) in [6, 6.07) is 7.32. The summed E-state index contributed by atoms with van der Waals surface area (Å²) >= 11 is 0. The summed E-state index contributed by atoms with van der Waals surface area (Å²) in [5, 5.41) is 9.58. The van der Waals surface area contributed by atoms with Crippen LogP contribution in [0.2, 0.25) is 0 Å². The number of aryl methyl sites for hydroxylation is 1. The van der Waals surface area contributed by atoms with Gasteiger partial charge in [0, 0.05) is 0 Å². The second kappa shape index (κ2) is 6.43. The van der Waals surface area contributed by atoms with E-state index in [4.69, 9.17) is 4.74 Å². The van der Waals surface area contributed by atoms with Gasteiger partial charge in [0.25, 0.3) is 0 Å². The SMILES string of the molecule is CC(C)(C)C(=O)OCCCCc1ccccc1O. The van der Waals surface area contributed by atoms with Gasteiger partial charge in [-0.3, -0.25) is 4.79 Å². The summed E-state index contributed by atoms with van der Waals surface area (Å²) in [5.41, 5.74) is 0.511. The van der Waals surface area contributed by atoms with Crippen LogP contribution in [0, 0.1) is 5.41 Å². The molecule has 3 heteroatoms. The predicted molar refractivity (Wildman–Crippen MR) is 71.5 cm³/mol. The zero-order chi connectivity index (χ0) is 13.6. The molecule has 0 aliphatic heterocycles. The molecule has 3 nitrogen and oxygen atoms in total. The number of hydrogen-bond donors (Lipinski definition) is 1. The highest BCUT2D eigenvalue weighted by atomic mass is 16.5. The number of carbonyl (C=O) groups excluding carboxylic acids is 1. The molecule has 1 rings (SSSR count). The van der Waals surface area contributed by atoms with E-state index < -0.39 is 5.41 Å². The van der Waals surface area contributed by atoms with Crippen LogP contribution in [-0.4, -0.2) is 17.7 Å². The van der Waals surface area contributed by atoms with E-state index >= 15 is 0 Å². The molecule has 0 atom stereocenters. The highest BCUT2D eigenvalue weighted by Gasteiger charge is 2.22. The normalized spacial score (nSPS) is 11.3. The van der Waals surface area contributed by atoms with Gasteiger partial charge < -0.3 is 9.84 Å². The third-order valence-corrected chi connectivity index (χ3v) is 2.68. The Balaban J connectivity index is 2.20. The monoisotopic (exact) mass is 250 g/mol. The molecule has 0 heterocycles. The number of hydrogen-bond acceptors (Lipinski definition) is 3. The largest absolute Gasteiger partial charge is 0.508 e. The first-order valence-electron chi connectivity index (χ1n) is 6.35. The van der Waals surface area contributed by atoms with Crippen molar-refractivity contribution in [2.45, 2.75) is 40.0 Å². The summed E-state index contributed by atoms with van der Waals surface area (Å²) in [6.07, 6.45) is 2.52.